The Labute approximate surface area is 159 Å². The molecule has 2 aromatic rings. The fourth-order valence-electron chi connectivity index (χ4n) is 2.35. The highest BCUT2D eigenvalue weighted by molar-refractivity contribution is 6.72. The van der Waals surface area contributed by atoms with Crippen LogP contribution in [0.15, 0.2) is 70.3 Å². The van der Waals surface area contributed by atoms with Crippen molar-refractivity contribution in [1.29, 1.82) is 0 Å². The molecule has 0 aliphatic rings. The monoisotopic (exact) mass is 381 g/mol. The van der Waals surface area contributed by atoms with Crippen molar-refractivity contribution >= 4 is 40.2 Å². The molecule has 0 aliphatic heterocycles. The van der Waals surface area contributed by atoms with Crippen LogP contribution in [0, 0.1) is 0 Å². The molecule has 0 heterocycles. The molecule has 0 aromatic heterocycles. The molecule has 0 aliphatic carbocycles. The van der Waals surface area contributed by atoms with Crippen molar-refractivity contribution in [2.24, 2.45) is 15.4 Å². The lowest BCUT2D eigenvalue weighted by Gasteiger charge is -2.17. The topological polar surface area (TPSA) is 74.8 Å². The van der Waals surface area contributed by atoms with Crippen LogP contribution in [0.1, 0.15) is 13.3 Å². The number of nitrogens with one attached hydrogen (secondary N) is 2. The molecule has 2 radical (unpaired) electrons. The molecule has 0 saturated carbocycles. The van der Waals surface area contributed by atoms with E-state index in [1.54, 1.807) is 0 Å². The lowest BCUT2D eigenvalue weighted by atomic mass is 10.4. The zero-order chi connectivity index (χ0) is 18.8. The van der Waals surface area contributed by atoms with E-state index in [1.165, 1.54) is 10.4 Å². The van der Waals surface area contributed by atoms with E-state index >= 15 is 0 Å². The Morgan fingerprint density at radius 2 is 1.54 bits per heavy atom. The van der Waals surface area contributed by atoms with E-state index in [-0.39, 0.29) is 0 Å². The van der Waals surface area contributed by atoms with Gasteiger partial charge in [-0.25, -0.2) is 0 Å². The van der Waals surface area contributed by atoms with E-state index in [1.807, 2.05) is 24.3 Å². The summed E-state index contributed by atoms with van der Waals surface area (Å²) in [6.07, 6.45) is 0.980. The summed E-state index contributed by atoms with van der Waals surface area (Å²) in [4.78, 5) is 8.10. The first-order valence-corrected chi connectivity index (χ1v) is 12.8. The lowest BCUT2D eigenvalue weighted by molar-refractivity contribution is 0.917. The number of nitrogens with two attached hydrogens (primary N) is 1. The third-order valence-electron chi connectivity index (χ3n) is 3.73. The summed E-state index contributed by atoms with van der Waals surface area (Å²) in [5.74, 6) is 1.12. The van der Waals surface area contributed by atoms with Crippen LogP contribution in [0.4, 0.5) is 0 Å². The largest absolute Gasteiger partial charge is 0.378 e. The van der Waals surface area contributed by atoms with E-state index in [4.69, 9.17) is 5.73 Å². The average Bonchev–Trinajstić information content (AvgIpc) is 2.67. The number of aliphatic imine (C=N–C) groups is 1. The molecule has 4 N–H and O–H groups in total. The quantitative estimate of drug-likeness (QED) is 0.401. The number of hydrogen-bond donors (Lipinski definition) is 3. The van der Waals surface area contributed by atoms with Gasteiger partial charge in [0.15, 0.2) is 11.9 Å². The van der Waals surface area contributed by atoms with Gasteiger partial charge in [-0.3, -0.25) is 15.0 Å². The predicted octanol–water partition coefficient (Wildman–Crippen LogP) is 1.30. The number of benzene rings is 2. The molecule has 0 fully saturated rings. The van der Waals surface area contributed by atoms with Gasteiger partial charge in [0, 0.05) is 6.54 Å². The second-order valence-electron chi connectivity index (χ2n) is 5.92. The maximum Gasteiger partial charge on any atom is 0.232 e. The van der Waals surface area contributed by atoms with Crippen molar-refractivity contribution in [3.05, 3.63) is 60.7 Å². The summed E-state index contributed by atoms with van der Waals surface area (Å²) in [5.41, 5.74) is 6.15. The Balaban J connectivity index is 2.06. The Hall–Kier alpha value is -2.39. The van der Waals surface area contributed by atoms with Crippen molar-refractivity contribution in [3.8, 4) is 0 Å². The minimum Gasteiger partial charge on any atom is -0.378 e. The second kappa shape index (κ2) is 10.6. The summed E-state index contributed by atoms with van der Waals surface area (Å²) in [7, 11) is -2.05. The fourth-order valence-corrected chi connectivity index (χ4v) is 4.90. The summed E-state index contributed by atoms with van der Waals surface area (Å²) in [5, 5.41) is 5.69. The zero-order valence-corrected chi connectivity index (χ0v) is 17.7. The number of hydrogen-bond acceptors (Lipinski definition) is 2. The normalized spacial score (nSPS) is 12.5. The lowest BCUT2D eigenvalue weighted by Crippen LogP contribution is -2.53. The van der Waals surface area contributed by atoms with E-state index in [9.17, 15) is 0 Å². The van der Waals surface area contributed by atoms with Gasteiger partial charge in [-0.2, -0.15) is 0 Å². The highest BCUT2D eigenvalue weighted by Gasteiger charge is 2.12. The van der Waals surface area contributed by atoms with E-state index in [2.05, 4.69) is 76.4 Å². The van der Waals surface area contributed by atoms with Crippen LogP contribution in [-0.2, 0) is 0 Å². The molecule has 26 heavy (non-hydrogen) atoms. The molecule has 5 nitrogen and oxygen atoms in total. The van der Waals surface area contributed by atoms with Gasteiger partial charge >= 0.3 is 0 Å². The molecule has 2 aromatic carbocycles. The first kappa shape index (κ1) is 19.9. The highest BCUT2D eigenvalue weighted by Crippen LogP contribution is 1.91. The number of guanidine groups is 2. The molecule has 0 amide bonds. The van der Waals surface area contributed by atoms with E-state index in [0.29, 0.717) is 11.9 Å². The number of rotatable bonds is 6. The Kier molecular flexibility index (Phi) is 8.10. The van der Waals surface area contributed by atoms with Gasteiger partial charge < -0.3 is 10.7 Å². The van der Waals surface area contributed by atoms with Crippen molar-refractivity contribution < 1.29 is 0 Å². The second-order valence-corrected chi connectivity index (χ2v) is 9.97. The van der Waals surface area contributed by atoms with Crippen LogP contribution in [0.25, 0.3) is 0 Å². The SMILES string of the molecule is CCCN=C(N/C(N)=N/[Si](C)c1ccccc1)N[Si](C)c1ccccc1. The van der Waals surface area contributed by atoms with E-state index in [0.717, 1.165) is 13.0 Å². The first-order valence-electron chi connectivity index (χ1n) is 8.80. The molecule has 0 saturated heterocycles. The summed E-state index contributed by atoms with van der Waals surface area (Å²) in [6.45, 7) is 7.19. The molecular weight excluding hydrogens is 354 g/mol. The van der Waals surface area contributed by atoms with Crippen molar-refractivity contribution in [1.82, 2.24) is 10.3 Å². The van der Waals surface area contributed by atoms with Gasteiger partial charge in [-0.05, 0) is 29.9 Å². The molecule has 2 rings (SSSR count). The maximum absolute atomic E-state index is 6.15. The Bertz CT molecular complexity index is 719. The van der Waals surface area contributed by atoms with Crippen LogP contribution >= 0.6 is 0 Å². The Morgan fingerprint density at radius 3 is 2.12 bits per heavy atom. The van der Waals surface area contributed by atoms with Gasteiger partial charge in [0.1, 0.15) is 0 Å². The number of nitrogens with zero attached hydrogens (tertiary/aromatic N) is 2. The minimum absolute atomic E-state index is 0.412. The van der Waals surface area contributed by atoms with Crippen molar-refractivity contribution in [3.63, 3.8) is 0 Å². The van der Waals surface area contributed by atoms with Crippen LogP contribution in [0.3, 0.4) is 0 Å². The maximum atomic E-state index is 6.15. The van der Waals surface area contributed by atoms with Crippen molar-refractivity contribution in [2.75, 3.05) is 6.54 Å². The fraction of sp³-hybridized carbons (Fsp3) is 0.263. The summed E-state index contributed by atoms with van der Waals surface area (Å²) in [6, 6.07) is 20.7. The van der Waals surface area contributed by atoms with Gasteiger partial charge in [0.2, 0.25) is 17.9 Å². The molecular formula is C19H27N5Si2. The molecule has 0 atom stereocenters. The van der Waals surface area contributed by atoms with Crippen LogP contribution in [0.2, 0.25) is 13.1 Å². The van der Waals surface area contributed by atoms with Gasteiger partial charge in [0.05, 0.1) is 0 Å². The predicted molar refractivity (Wildman–Crippen MR) is 116 cm³/mol. The third-order valence-corrected chi connectivity index (χ3v) is 7.29. The van der Waals surface area contributed by atoms with Crippen LogP contribution in [0.5, 0.6) is 0 Å². The zero-order valence-electron chi connectivity index (χ0n) is 15.7. The smallest absolute Gasteiger partial charge is 0.232 e. The first-order chi connectivity index (χ1) is 12.6. The summed E-state index contributed by atoms with van der Waals surface area (Å²) >= 11 is 0. The van der Waals surface area contributed by atoms with Gasteiger partial charge in [0.25, 0.3) is 0 Å². The average molecular weight is 382 g/mol. The van der Waals surface area contributed by atoms with Gasteiger partial charge in [-0.1, -0.05) is 67.6 Å². The molecule has 0 bridgehead atoms. The van der Waals surface area contributed by atoms with Crippen LogP contribution in [-0.4, -0.2) is 36.4 Å². The van der Waals surface area contributed by atoms with Crippen molar-refractivity contribution in [2.45, 2.75) is 26.4 Å². The van der Waals surface area contributed by atoms with Crippen LogP contribution < -0.4 is 26.4 Å². The highest BCUT2D eigenvalue weighted by atomic mass is 28.3. The molecule has 0 unspecified atom stereocenters. The Morgan fingerprint density at radius 1 is 0.962 bits per heavy atom. The van der Waals surface area contributed by atoms with E-state index < -0.39 is 17.9 Å². The minimum atomic E-state index is -1.09. The molecule has 136 valence electrons. The third kappa shape index (κ3) is 6.49. The summed E-state index contributed by atoms with van der Waals surface area (Å²) < 4.78 is 4.65. The van der Waals surface area contributed by atoms with Gasteiger partial charge in [-0.15, -0.1) is 0 Å². The molecule has 0 spiro atoms. The molecule has 7 heteroatoms. The standard InChI is InChI=1S/C19H27N5Si2/c1-4-15-21-19(24-26(3)17-13-9-6-10-14-17)22-18(20)23-25(2)16-11-7-5-8-12-16/h5-14H,4,15H2,1-3H3,(H4,20,21,22,23,24).